The van der Waals surface area contributed by atoms with Gasteiger partial charge in [-0.3, -0.25) is 0 Å². The third-order valence-electron chi connectivity index (χ3n) is 5.30. The van der Waals surface area contributed by atoms with Crippen LogP contribution in [0, 0.1) is 0 Å². The van der Waals surface area contributed by atoms with Crippen molar-refractivity contribution in [1.82, 2.24) is 14.9 Å². The van der Waals surface area contributed by atoms with E-state index in [2.05, 4.69) is 48.0 Å². The number of imidazole rings is 1. The van der Waals surface area contributed by atoms with Crippen molar-refractivity contribution < 1.29 is 0 Å². The molecule has 1 heterocycles. The first kappa shape index (κ1) is 20.5. The monoisotopic (exact) mass is 385 g/mol. The summed E-state index contributed by atoms with van der Waals surface area (Å²) in [5, 5.41) is 3.65. The molecule has 1 N–H and O–H groups in total. The molecule has 27 heavy (non-hydrogen) atoms. The molecule has 0 unspecified atom stereocenters. The van der Waals surface area contributed by atoms with E-state index in [1.807, 2.05) is 11.8 Å². The Labute approximate surface area is 169 Å². The molecule has 1 aromatic carbocycles. The number of benzene rings is 1. The van der Waals surface area contributed by atoms with Crippen LogP contribution in [0.4, 0.5) is 0 Å². The highest BCUT2D eigenvalue weighted by molar-refractivity contribution is 7.99. The largest absolute Gasteiger partial charge is 0.327 e. The molecular weight excluding hydrogens is 350 g/mol. The molecule has 0 aliphatic heterocycles. The van der Waals surface area contributed by atoms with Gasteiger partial charge in [0.15, 0.2) is 0 Å². The number of unbranched alkanes of at least 4 members (excludes halogenated alkanes) is 1. The van der Waals surface area contributed by atoms with E-state index in [0.29, 0.717) is 0 Å². The second kappa shape index (κ2) is 10.9. The summed E-state index contributed by atoms with van der Waals surface area (Å²) in [4.78, 5) is 6.31. The van der Waals surface area contributed by atoms with Crippen molar-refractivity contribution in [2.24, 2.45) is 0 Å². The van der Waals surface area contributed by atoms with Gasteiger partial charge in [-0.05, 0) is 75.4 Å². The van der Waals surface area contributed by atoms with Crippen LogP contribution in [-0.2, 0) is 13.1 Å². The highest BCUT2D eigenvalue weighted by Gasteiger charge is 2.11. The van der Waals surface area contributed by atoms with Crippen LogP contribution in [-0.4, -0.2) is 21.8 Å². The van der Waals surface area contributed by atoms with Gasteiger partial charge in [0.25, 0.3) is 0 Å². The van der Waals surface area contributed by atoms with Crippen molar-refractivity contribution in [3.63, 3.8) is 0 Å². The maximum Gasteiger partial charge on any atom is 0.123 e. The maximum atomic E-state index is 4.95. The van der Waals surface area contributed by atoms with Crippen molar-refractivity contribution in [2.75, 3.05) is 12.3 Å². The van der Waals surface area contributed by atoms with E-state index in [1.54, 1.807) is 5.57 Å². The van der Waals surface area contributed by atoms with Gasteiger partial charge in [0.2, 0.25) is 0 Å². The van der Waals surface area contributed by atoms with Crippen molar-refractivity contribution in [3.8, 4) is 0 Å². The number of allylic oxidation sites excluding steroid dienone is 1. The lowest BCUT2D eigenvalue weighted by Gasteiger charge is -2.13. The molecule has 3 rings (SSSR count). The molecule has 0 fully saturated rings. The molecule has 1 aliphatic carbocycles. The molecule has 2 aromatic rings. The number of aryl methyl sites for hydroxylation is 1. The Kier molecular flexibility index (Phi) is 8.28. The molecule has 0 radical (unpaired) electrons. The lowest BCUT2D eigenvalue weighted by atomic mass is 9.97. The van der Waals surface area contributed by atoms with E-state index in [1.165, 1.54) is 73.4 Å². The molecule has 1 aromatic heterocycles. The molecule has 0 atom stereocenters. The predicted octanol–water partition coefficient (Wildman–Crippen LogP) is 6.32. The normalized spacial score (nSPS) is 14.7. The van der Waals surface area contributed by atoms with E-state index in [-0.39, 0.29) is 0 Å². The molecule has 0 amide bonds. The van der Waals surface area contributed by atoms with Crippen LogP contribution in [0.25, 0.3) is 11.0 Å². The number of nitrogens with one attached hydrogen (secondary N) is 1. The molecule has 0 bridgehead atoms. The average molecular weight is 386 g/mol. The van der Waals surface area contributed by atoms with Crippen LogP contribution in [0.5, 0.6) is 0 Å². The number of rotatable bonds is 11. The van der Waals surface area contributed by atoms with Crippen LogP contribution < -0.4 is 5.32 Å². The van der Waals surface area contributed by atoms with E-state index in [4.69, 9.17) is 4.98 Å². The van der Waals surface area contributed by atoms with Crippen LogP contribution in [0.3, 0.4) is 0 Å². The Hall–Kier alpha value is -1.26. The fourth-order valence-corrected chi connectivity index (χ4v) is 4.54. The first-order valence-corrected chi connectivity index (χ1v) is 11.8. The summed E-state index contributed by atoms with van der Waals surface area (Å²) in [6, 6.07) is 6.77. The lowest BCUT2D eigenvalue weighted by Crippen LogP contribution is -2.19. The van der Waals surface area contributed by atoms with Gasteiger partial charge in [-0.25, -0.2) is 4.98 Å². The smallest absolute Gasteiger partial charge is 0.123 e. The second-order valence-electron chi connectivity index (χ2n) is 7.57. The standard InChI is InChI=1S/C23H35N3S/c1-3-5-15-26-22-17-20(27-16-4-2)11-12-21(22)25-23(26)18-24-14-13-19-9-7-6-8-10-19/h9,11-12,17,24H,3-8,10,13-16,18H2,1-2H3. The van der Waals surface area contributed by atoms with Gasteiger partial charge in [0, 0.05) is 11.4 Å². The van der Waals surface area contributed by atoms with Crippen LogP contribution in [0.15, 0.2) is 34.7 Å². The highest BCUT2D eigenvalue weighted by atomic mass is 32.2. The van der Waals surface area contributed by atoms with Gasteiger partial charge in [-0.15, -0.1) is 11.8 Å². The number of hydrogen-bond acceptors (Lipinski definition) is 3. The number of thioether (sulfide) groups is 1. The topological polar surface area (TPSA) is 29.9 Å². The minimum absolute atomic E-state index is 0.864. The van der Waals surface area contributed by atoms with Crippen LogP contribution >= 0.6 is 11.8 Å². The quantitative estimate of drug-likeness (QED) is 0.279. The number of hydrogen-bond donors (Lipinski definition) is 1. The van der Waals surface area contributed by atoms with Gasteiger partial charge in [-0.2, -0.15) is 0 Å². The first-order valence-electron chi connectivity index (χ1n) is 10.8. The Morgan fingerprint density at radius 2 is 2.11 bits per heavy atom. The minimum atomic E-state index is 0.864. The van der Waals surface area contributed by atoms with Crippen LogP contribution in [0.2, 0.25) is 0 Å². The third-order valence-corrected chi connectivity index (χ3v) is 6.50. The average Bonchev–Trinajstić information content (AvgIpc) is 3.05. The Morgan fingerprint density at radius 3 is 2.89 bits per heavy atom. The first-order chi connectivity index (χ1) is 13.3. The molecule has 148 valence electrons. The van der Waals surface area contributed by atoms with E-state index in [0.717, 1.165) is 25.2 Å². The summed E-state index contributed by atoms with van der Waals surface area (Å²) in [5.41, 5.74) is 4.08. The number of aromatic nitrogens is 2. The third kappa shape index (κ3) is 5.86. The fourth-order valence-electron chi connectivity index (χ4n) is 3.74. The fraction of sp³-hybridized carbons (Fsp3) is 0.609. The second-order valence-corrected chi connectivity index (χ2v) is 8.74. The summed E-state index contributed by atoms with van der Waals surface area (Å²) in [6.07, 6.45) is 12.6. The van der Waals surface area contributed by atoms with Gasteiger partial charge >= 0.3 is 0 Å². The molecule has 4 heteroatoms. The predicted molar refractivity (Wildman–Crippen MR) is 119 cm³/mol. The van der Waals surface area contributed by atoms with Crippen molar-refractivity contribution in [2.45, 2.75) is 83.2 Å². The zero-order chi connectivity index (χ0) is 18.9. The van der Waals surface area contributed by atoms with E-state index in [9.17, 15) is 0 Å². The summed E-state index contributed by atoms with van der Waals surface area (Å²) >= 11 is 1.95. The Morgan fingerprint density at radius 1 is 1.19 bits per heavy atom. The van der Waals surface area contributed by atoms with Crippen LogP contribution in [0.1, 0.15) is 71.0 Å². The maximum absolute atomic E-state index is 4.95. The van der Waals surface area contributed by atoms with Gasteiger partial charge < -0.3 is 9.88 Å². The van der Waals surface area contributed by atoms with Crippen molar-refractivity contribution in [3.05, 3.63) is 35.7 Å². The summed E-state index contributed by atoms with van der Waals surface area (Å²) in [5.74, 6) is 2.37. The number of nitrogens with zero attached hydrogens (tertiary/aromatic N) is 2. The SMILES string of the molecule is CCCCn1c(CNCCC2=CCCCC2)nc2ccc(SCCC)cc21. The molecule has 3 nitrogen and oxygen atoms in total. The Balaban J connectivity index is 1.67. The Bertz CT molecular complexity index is 747. The summed E-state index contributed by atoms with van der Waals surface area (Å²) in [7, 11) is 0. The van der Waals surface area contributed by atoms with Crippen molar-refractivity contribution >= 4 is 22.8 Å². The van der Waals surface area contributed by atoms with Gasteiger partial charge in [0.1, 0.15) is 5.82 Å². The molecule has 0 spiro atoms. The zero-order valence-corrected chi connectivity index (χ0v) is 17.9. The molecule has 0 saturated carbocycles. The molecular formula is C23H35N3S. The highest BCUT2D eigenvalue weighted by Crippen LogP contribution is 2.25. The van der Waals surface area contributed by atoms with E-state index < -0.39 is 0 Å². The number of fused-ring (bicyclic) bond motifs is 1. The van der Waals surface area contributed by atoms with Crippen molar-refractivity contribution in [1.29, 1.82) is 0 Å². The minimum Gasteiger partial charge on any atom is -0.327 e. The molecule has 0 saturated heterocycles. The van der Waals surface area contributed by atoms with E-state index >= 15 is 0 Å². The summed E-state index contributed by atoms with van der Waals surface area (Å²) < 4.78 is 2.45. The molecule has 1 aliphatic rings. The summed E-state index contributed by atoms with van der Waals surface area (Å²) in [6.45, 7) is 7.49. The lowest BCUT2D eigenvalue weighted by molar-refractivity contribution is 0.573. The van der Waals surface area contributed by atoms with Gasteiger partial charge in [-0.1, -0.05) is 31.9 Å². The van der Waals surface area contributed by atoms with Gasteiger partial charge in [0.05, 0.1) is 17.6 Å². The zero-order valence-electron chi connectivity index (χ0n) is 17.1.